The maximum atomic E-state index is 3.78. The van der Waals surface area contributed by atoms with Gasteiger partial charge in [0.25, 0.3) is 0 Å². The summed E-state index contributed by atoms with van der Waals surface area (Å²) in [4.78, 5) is 1.28. The predicted octanol–water partition coefficient (Wildman–Crippen LogP) is 0.995. The number of benzene rings is 1. The van der Waals surface area contributed by atoms with Gasteiger partial charge in [-0.1, -0.05) is 30.3 Å². The monoisotopic (exact) mass is 171 g/mol. The molecule has 2 aromatic rings. The van der Waals surface area contributed by atoms with Crippen LogP contribution in [0.5, 0.6) is 0 Å². The van der Waals surface area contributed by atoms with Gasteiger partial charge in [0.15, 0.2) is 6.33 Å². The number of hydrogen-bond acceptors (Lipinski definition) is 3. The molecule has 0 saturated carbocycles. The Kier molecular flexibility index (Phi) is 2.14. The fourth-order valence-electron chi connectivity index (χ4n) is 0.908. The Morgan fingerprint density at radius 1 is 1.23 bits per heavy atom. The van der Waals surface area contributed by atoms with Gasteiger partial charge in [0.2, 0.25) is 0 Å². The highest BCUT2D eigenvalue weighted by atomic mass is 15.6. The topological polar surface area (TPSA) is 43.6 Å². The van der Waals surface area contributed by atoms with Crippen LogP contribution in [0.25, 0.3) is 6.08 Å². The number of rotatable bonds is 2. The molecule has 1 aromatic heterocycles. The largest absolute Gasteiger partial charge is 0.162 e. The summed E-state index contributed by atoms with van der Waals surface area (Å²) in [5.41, 5.74) is 1.06. The number of aromatic nitrogens is 4. The van der Waals surface area contributed by atoms with E-state index >= 15 is 0 Å². The molecule has 63 valence electrons. The summed E-state index contributed by atoms with van der Waals surface area (Å²) in [6, 6.07) is 9.84. The summed E-state index contributed by atoms with van der Waals surface area (Å²) in [6.07, 6.45) is 6.01. The highest BCUT2D eigenvalue weighted by Gasteiger charge is 1.86. The molecule has 4 nitrogen and oxygen atoms in total. The number of tetrazole rings is 1. The smallest absolute Gasteiger partial charge is 0.135 e. The third kappa shape index (κ3) is 1.99. The molecule has 1 radical (unpaired) electrons. The van der Waals surface area contributed by atoms with Gasteiger partial charge in [0.1, 0.15) is 6.20 Å². The van der Waals surface area contributed by atoms with Crippen LogP contribution in [0, 0.1) is 6.20 Å². The summed E-state index contributed by atoms with van der Waals surface area (Å²) in [7, 11) is 0. The Labute approximate surface area is 75.5 Å². The number of hydrogen-bond donors (Lipinski definition) is 0. The van der Waals surface area contributed by atoms with Crippen molar-refractivity contribution in [2.75, 3.05) is 0 Å². The first-order chi connectivity index (χ1) is 6.45. The molecule has 13 heavy (non-hydrogen) atoms. The van der Waals surface area contributed by atoms with Crippen LogP contribution in [0.4, 0.5) is 0 Å². The van der Waals surface area contributed by atoms with Crippen molar-refractivity contribution in [1.82, 2.24) is 20.2 Å². The van der Waals surface area contributed by atoms with Crippen LogP contribution in [0.3, 0.4) is 0 Å². The normalized spacial score (nSPS) is 10.8. The van der Waals surface area contributed by atoms with E-state index in [1.807, 2.05) is 30.3 Å². The zero-order valence-corrected chi connectivity index (χ0v) is 6.83. The van der Waals surface area contributed by atoms with Crippen molar-refractivity contribution < 1.29 is 0 Å². The summed E-state index contributed by atoms with van der Waals surface area (Å²) < 4.78 is 0. The van der Waals surface area contributed by atoms with Crippen molar-refractivity contribution in [3.05, 3.63) is 48.4 Å². The van der Waals surface area contributed by atoms with Crippen LogP contribution in [0.1, 0.15) is 5.56 Å². The molecule has 0 aliphatic rings. The molecule has 4 heteroatoms. The van der Waals surface area contributed by atoms with Crippen molar-refractivity contribution in [2.45, 2.75) is 0 Å². The second-order valence-electron chi connectivity index (χ2n) is 2.41. The molecule has 0 N–H and O–H groups in total. The minimum atomic E-state index is 1.06. The van der Waals surface area contributed by atoms with Gasteiger partial charge in [-0.25, -0.2) is 0 Å². The van der Waals surface area contributed by atoms with E-state index < -0.39 is 0 Å². The van der Waals surface area contributed by atoms with E-state index in [2.05, 4.69) is 21.6 Å². The molecule has 1 heterocycles. The Bertz CT molecular complexity index is 377. The molecule has 0 bridgehead atoms. The van der Waals surface area contributed by atoms with E-state index in [0.717, 1.165) is 5.56 Å². The predicted molar refractivity (Wildman–Crippen MR) is 47.4 cm³/mol. The molecular weight excluding hydrogens is 164 g/mol. The molecule has 0 aliphatic heterocycles. The molecule has 0 aliphatic carbocycles. The zero-order chi connectivity index (χ0) is 8.93. The Hall–Kier alpha value is -1.97. The zero-order valence-electron chi connectivity index (χ0n) is 6.83. The minimum Gasteiger partial charge on any atom is -0.135 e. The third-order valence-corrected chi connectivity index (χ3v) is 1.50. The standard InChI is InChI=1S/C9H7N4/c1-2-4-9(5-3-1)6-7-13-11-8-10-12-13/h1-6,8H. The summed E-state index contributed by atoms with van der Waals surface area (Å²) in [5, 5.41) is 11.0. The average molecular weight is 171 g/mol. The molecule has 0 unspecified atom stereocenters. The molecule has 1 aromatic carbocycles. The first kappa shape index (κ1) is 7.67. The van der Waals surface area contributed by atoms with Crippen molar-refractivity contribution in [2.24, 2.45) is 0 Å². The summed E-state index contributed by atoms with van der Waals surface area (Å²) in [6.45, 7) is 0. The second kappa shape index (κ2) is 3.62. The van der Waals surface area contributed by atoms with Crippen LogP contribution < -0.4 is 0 Å². The van der Waals surface area contributed by atoms with Gasteiger partial charge in [-0.05, 0) is 16.9 Å². The minimum absolute atomic E-state index is 1.06. The van der Waals surface area contributed by atoms with Crippen molar-refractivity contribution in [3.63, 3.8) is 0 Å². The number of nitrogens with zero attached hydrogens (tertiary/aromatic N) is 4. The molecular formula is C9H7N4. The van der Waals surface area contributed by atoms with Crippen LogP contribution in [-0.4, -0.2) is 20.2 Å². The van der Waals surface area contributed by atoms with Gasteiger partial charge < -0.3 is 0 Å². The Balaban J connectivity index is 2.15. The molecule has 0 atom stereocenters. The second-order valence-corrected chi connectivity index (χ2v) is 2.41. The molecule has 0 spiro atoms. The van der Waals surface area contributed by atoms with Crippen LogP contribution in [0.15, 0.2) is 36.7 Å². The van der Waals surface area contributed by atoms with E-state index in [0.29, 0.717) is 0 Å². The van der Waals surface area contributed by atoms with Gasteiger partial charge in [-0.3, -0.25) is 0 Å². The maximum Gasteiger partial charge on any atom is 0.162 e. The van der Waals surface area contributed by atoms with Crippen molar-refractivity contribution in [3.8, 4) is 0 Å². The van der Waals surface area contributed by atoms with Gasteiger partial charge >= 0.3 is 0 Å². The van der Waals surface area contributed by atoms with E-state index in [9.17, 15) is 0 Å². The van der Waals surface area contributed by atoms with Crippen molar-refractivity contribution >= 4 is 6.08 Å². The van der Waals surface area contributed by atoms with Crippen LogP contribution in [-0.2, 0) is 0 Å². The highest BCUT2D eigenvalue weighted by Crippen LogP contribution is 1.99. The van der Waals surface area contributed by atoms with Crippen LogP contribution >= 0.6 is 0 Å². The van der Waals surface area contributed by atoms with Crippen molar-refractivity contribution in [1.29, 1.82) is 0 Å². The summed E-state index contributed by atoms with van der Waals surface area (Å²) in [5.74, 6) is 0. The lowest BCUT2D eigenvalue weighted by atomic mass is 10.2. The average Bonchev–Trinajstić information content (AvgIpc) is 2.69. The van der Waals surface area contributed by atoms with E-state index in [4.69, 9.17) is 0 Å². The van der Waals surface area contributed by atoms with Crippen LogP contribution in [0.2, 0.25) is 0 Å². The Morgan fingerprint density at radius 2 is 2.08 bits per heavy atom. The fourth-order valence-corrected chi connectivity index (χ4v) is 0.908. The SMILES string of the molecule is [C](=C\c1ccccc1)/n1ncnn1. The third-order valence-electron chi connectivity index (χ3n) is 1.50. The first-order valence-corrected chi connectivity index (χ1v) is 3.83. The maximum absolute atomic E-state index is 3.78. The highest BCUT2D eigenvalue weighted by molar-refractivity contribution is 5.46. The lowest BCUT2D eigenvalue weighted by Gasteiger charge is -1.88. The molecule has 2 rings (SSSR count). The lowest BCUT2D eigenvalue weighted by molar-refractivity contribution is 0.702. The molecule has 0 fully saturated rings. The van der Waals surface area contributed by atoms with E-state index in [1.54, 1.807) is 6.08 Å². The molecule has 0 saturated heterocycles. The Morgan fingerprint density at radius 3 is 2.77 bits per heavy atom. The van der Waals surface area contributed by atoms with Gasteiger partial charge in [-0.15, -0.1) is 15.0 Å². The first-order valence-electron chi connectivity index (χ1n) is 3.83. The van der Waals surface area contributed by atoms with E-state index in [-0.39, 0.29) is 0 Å². The quantitative estimate of drug-likeness (QED) is 0.676. The van der Waals surface area contributed by atoms with Gasteiger partial charge in [0, 0.05) is 0 Å². The van der Waals surface area contributed by atoms with E-state index in [1.165, 1.54) is 11.1 Å². The summed E-state index contributed by atoms with van der Waals surface area (Å²) >= 11 is 0. The lowest BCUT2D eigenvalue weighted by Crippen LogP contribution is -1.92. The van der Waals surface area contributed by atoms with Gasteiger partial charge in [0.05, 0.1) is 0 Å². The molecule has 0 amide bonds. The van der Waals surface area contributed by atoms with Gasteiger partial charge in [-0.2, -0.15) is 0 Å². The fraction of sp³-hybridized carbons (Fsp3) is 0.